The molecule has 0 saturated carbocycles. The monoisotopic (exact) mass is 384 g/mol. The van der Waals surface area contributed by atoms with E-state index in [1.165, 1.54) is 19.5 Å². The van der Waals surface area contributed by atoms with Crippen LogP contribution in [-0.2, 0) is 0 Å². The Hall–Kier alpha value is 4.84. The van der Waals surface area contributed by atoms with E-state index in [-0.39, 0.29) is 136 Å². The second kappa shape index (κ2) is 23.2. The standard InChI is InChI=1S/2Ba.Ca.H6Si2.6H/c;;;1-2;;;;;;/h;;;1-2H3;;;;;;. The molecule has 0 aliphatic rings. The Bertz CT molecular complexity index is 7.61. The van der Waals surface area contributed by atoms with Crippen LogP contribution in [0.15, 0.2) is 0 Å². The fraction of sp³-hybridized carbons (Fsp3) is 0. The molecule has 5 heteroatoms. The maximum Gasteiger partial charge on any atom is -0.0125 e. The van der Waals surface area contributed by atoms with Gasteiger partial charge in [0.15, 0.2) is 0 Å². The summed E-state index contributed by atoms with van der Waals surface area (Å²) < 4.78 is 0. The van der Waals surface area contributed by atoms with Gasteiger partial charge in [0.25, 0.3) is 0 Å². The Balaban J connectivity index is -0.00000000167. The van der Waals surface area contributed by atoms with Crippen LogP contribution < -0.4 is 0 Å². The molecule has 0 saturated heterocycles. The predicted octanol–water partition coefficient (Wildman–Crippen LogP) is -5.12. The van der Waals surface area contributed by atoms with E-state index in [0.29, 0.717) is 0 Å². The average molecular weight is 383 g/mol. The summed E-state index contributed by atoms with van der Waals surface area (Å²) in [5, 5.41) is 0. The quantitative estimate of drug-likeness (QED) is 0.368. The maximum atomic E-state index is 1.44. The molecule has 0 aliphatic heterocycles. The van der Waals surface area contributed by atoms with E-state index in [0.717, 1.165) is 0 Å². The first kappa shape index (κ1) is 22.5. The van der Waals surface area contributed by atoms with Gasteiger partial charge < -0.3 is 0 Å². The Labute approximate surface area is 150 Å². The van der Waals surface area contributed by atoms with Crippen LogP contribution in [0.3, 0.4) is 0 Å². The van der Waals surface area contributed by atoms with Gasteiger partial charge in [0.2, 0.25) is 0 Å². The summed E-state index contributed by atoms with van der Waals surface area (Å²) in [5.74, 6) is 0. The molecule has 0 N–H and O–H groups in total. The minimum absolute atomic E-state index is 0. The Morgan fingerprint density at radius 1 is 0.800 bits per heavy atom. The summed E-state index contributed by atoms with van der Waals surface area (Å²) >= 11 is 0. The number of hydrogen-bond donors (Lipinski definition) is 0. The second-order valence-corrected chi connectivity index (χ2v) is 0. The van der Waals surface area contributed by atoms with Gasteiger partial charge >= 0.3 is 136 Å². The third-order valence-electron chi connectivity index (χ3n) is 0. The van der Waals surface area contributed by atoms with E-state index in [1.54, 1.807) is 0 Å². The first-order chi connectivity index (χ1) is 1.00. The Kier molecular flexibility index (Phi) is 105. The van der Waals surface area contributed by atoms with Crippen molar-refractivity contribution < 1.29 is 0 Å². The van der Waals surface area contributed by atoms with Crippen molar-refractivity contribution in [3.8, 4) is 0 Å². The van der Waals surface area contributed by atoms with Crippen LogP contribution in [-0.4, -0.2) is 155 Å². The molecule has 0 amide bonds. The van der Waals surface area contributed by atoms with E-state index < -0.39 is 0 Å². The molecule has 0 nitrogen and oxygen atoms in total. The van der Waals surface area contributed by atoms with Crippen molar-refractivity contribution in [2.75, 3.05) is 0 Å². The molecule has 0 bridgehead atoms. The van der Waals surface area contributed by atoms with Crippen molar-refractivity contribution in [1.82, 2.24) is 0 Å². The zero-order chi connectivity index (χ0) is 2.00. The largest absolute Gasteiger partial charge is 0.0125 e. The minimum Gasteiger partial charge on any atom is -0.0125 e. The fourth-order valence-corrected chi connectivity index (χ4v) is 0. The zero-order valence-corrected chi connectivity index (χ0v) is 6.00. The van der Waals surface area contributed by atoms with Crippen molar-refractivity contribution in [3.05, 3.63) is 0 Å². The van der Waals surface area contributed by atoms with Crippen LogP contribution in [0.25, 0.3) is 0 Å². The molecule has 0 unspecified atom stereocenters. The first-order valence-electron chi connectivity index (χ1n) is 1.00. The molecule has 0 aromatic carbocycles. The number of rotatable bonds is 0. The molecular weight excluding hydrogens is 371 g/mol. The van der Waals surface area contributed by atoms with Crippen LogP contribution in [0.4, 0.5) is 0 Å². The van der Waals surface area contributed by atoms with Gasteiger partial charge in [-0.25, -0.2) is 0 Å². The maximum absolute atomic E-state index is 1.44. The van der Waals surface area contributed by atoms with Crippen LogP contribution in [0.2, 0.25) is 0 Å². The SMILES string of the molecule is [BaH2].[BaH2].[CaH2].[SiH3][SiH3]. The van der Waals surface area contributed by atoms with Gasteiger partial charge in [-0.1, -0.05) is 0 Å². The molecule has 0 spiro atoms. The van der Waals surface area contributed by atoms with Crippen LogP contribution >= 0.6 is 0 Å². The molecule has 0 atom stereocenters. The summed E-state index contributed by atoms with van der Waals surface area (Å²) in [6.07, 6.45) is 0. The average Bonchev–Trinajstić information content (AvgIpc) is 1.00. The Morgan fingerprint density at radius 2 is 0.800 bits per heavy atom. The van der Waals surface area contributed by atoms with Crippen molar-refractivity contribution >= 4 is 155 Å². The van der Waals surface area contributed by atoms with E-state index >= 15 is 0 Å². The first-order valence-corrected chi connectivity index (χ1v) is 9.00. The second-order valence-electron chi connectivity index (χ2n) is 0. The predicted molar refractivity (Wildman–Crippen MR) is 45.5 cm³/mol. The Morgan fingerprint density at radius 3 is 0.800 bits per heavy atom. The van der Waals surface area contributed by atoms with Crippen molar-refractivity contribution in [3.63, 3.8) is 0 Å². The van der Waals surface area contributed by atoms with E-state index in [9.17, 15) is 0 Å². The number of hydrogen-bond acceptors (Lipinski definition) is 0. The van der Waals surface area contributed by atoms with Gasteiger partial charge in [0.05, 0.1) is 0 Å². The van der Waals surface area contributed by atoms with Gasteiger partial charge in [-0.05, 0) is 19.5 Å². The summed E-state index contributed by atoms with van der Waals surface area (Å²) in [7, 11) is 2.89. The molecule has 5 heavy (non-hydrogen) atoms. The van der Waals surface area contributed by atoms with E-state index in [1.807, 2.05) is 0 Å². The molecule has 0 aliphatic carbocycles. The summed E-state index contributed by atoms with van der Waals surface area (Å²) in [6.45, 7) is 0. The zero-order valence-electron chi connectivity index (χ0n) is 2.00. The summed E-state index contributed by atoms with van der Waals surface area (Å²) in [6, 6.07) is 0. The fourth-order valence-electron chi connectivity index (χ4n) is 0. The molecule has 0 aromatic rings. The van der Waals surface area contributed by atoms with Crippen LogP contribution in [0.1, 0.15) is 0 Å². The topological polar surface area (TPSA) is 0 Å². The van der Waals surface area contributed by atoms with Gasteiger partial charge in [-0.15, -0.1) is 0 Å². The molecule has 0 radical (unpaired) electrons. The molecule has 0 fully saturated rings. The third-order valence-corrected chi connectivity index (χ3v) is 0. The van der Waals surface area contributed by atoms with Crippen molar-refractivity contribution in [2.45, 2.75) is 0 Å². The van der Waals surface area contributed by atoms with Gasteiger partial charge in [0, 0.05) is 0 Å². The smallest absolute Gasteiger partial charge is 0.0125 e. The van der Waals surface area contributed by atoms with Crippen LogP contribution in [0, 0.1) is 0 Å². The van der Waals surface area contributed by atoms with Crippen molar-refractivity contribution in [1.29, 1.82) is 0 Å². The van der Waals surface area contributed by atoms with Gasteiger partial charge in [-0.2, -0.15) is 0 Å². The summed E-state index contributed by atoms with van der Waals surface area (Å²) in [4.78, 5) is 0. The molecule has 0 aromatic heterocycles. The van der Waals surface area contributed by atoms with Gasteiger partial charge in [-0.3, -0.25) is 0 Å². The summed E-state index contributed by atoms with van der Waals surface area (Å²) in [5.41, 5.74) is 0. The molecule has 26 valence electrons. The molecule has 0 heterocycles. The van der Waals surface area contributed by atoms with Gasteiger partial charge in [0.1, 0.15) is 0 Å². The third kappa shape index (κ3) is 17.7. The molecule has 0 rings (SSSR count). The minimum atomic E-state index is 0. The van der Waals surface area contributed by atoms with Crippen LogP contribution in [0.5, 0.6) is 0 Å². The van der Waals surface area contributed by atoms with E-state index in [4.69, 9.17) is 0 Å². The van der Waals surface area contributed by atoms with Crippen molar-refractivity contribution in [2.24, 2.45) is 0 Å². The van der Waals surface area contributed by atoms with E-state index in [2.05, 4.69) is 0 Å². The molecular formula is H12Ba2CaSi2. The normalized spacial score (nSPS) is 2.40.